The molecule has 2 bridgehead atoms. The van der Waals surface area contributed by atoms with Gasteiger partial charge in [0.15, 0.2) is 23.1 Å². The molecule has 1 amide bonds. The van der Waals surface area contributed by atoms with Crippen LogP contribution in [0.15, 0.2) is 18.2 Å². The molecule has 172 valence electrons. The number of hydrogen-bond donors (Lipinski definition) is 0. The molecule has 0 spiro atoms. The molecule has 0 saturated carbocycles. The van der Waals surface area contributed by atoms with E-state index in [0.29, 0.717) is 36.8 Å². The minimum absolute atomic E-state index is 0.0820. The maximum atomic E-state index is 14.0. The lowest BCUT2D eigenvalue weighted by atomic mass is 9.81. The maximum Gasteiger partial charge on any atom is 0.275 e. The molecular formula is C23H22F3N5O2. The molecule has 0 N–H and O–H groups in total. The van der Waals surface area contributed by atoms with Gasteiger partial charge in [-0.25, -0.2) is 17.9 Å². The molecule has 2 atom stereocenters. The number of rotatable bonds is 2. The lowest BCUT2D eigenvalue weighted by Crippen LogP contribution is -2.50. The Labute approximate surface area is 187 Å². The molecule has 10 heteroatoms. The Balaban J connectivity index is 1.40. The van der Waals surface area contributed by atoms with Crippen molar-refractivity contribution in [2.24, 2.45) is 7.05 Å². The molecule has 2 unspecified atom stereocenters. The molecule has 0 radical (unpaired) electrons. The number of aryl methyl sites for hydroxylation is 2. The monoisotopic (exact) mass is 457 g/mol. The van der Waals surface area contributed by atoms with Crippen LogP contribution in [0.4, 0.5) is 13.2 Å². The van der Waals surface area contributed by atoms with Gasteiger partial charge in [0, 0.05) is 43.2 Å². The Bertz CT molecular complexity index is 1240. The van der Waals surface area contributed by atoms with Crippen LogP contribution in [0.1, 0.15) is 53.5 Å². The van der Waals surface area contributed by atoms with Crippen LogP contribution in [0.25, 0.3) is 11.3 Å². The summed E-state index contributed by atoms with van der Waals surface area (Å²) in [4.78, 5) is 15.4. The number of carbonyl (C=O) groups is 1. The highest BCUT2D eigenvalue weighted by molar-refractivity contribution is 5.93. The fourth-order valence-corrected chi connectivity index (χ4v) is 5.51. The molecule has 1 fully saturated rings. The molecule has 3 aliphatic heterocycles. The number of nitrogens with zero attached hydrogens (tertiary/aromatic N) is 5. The van der Waals surface area contributed by atoms with E-state index in [1.165, 1.54) is 0 Å². The van der Waals surface area contributed by atoms with E-state index in [1.54, 1.807) is 22.5 Å². The highest BCUT2D eigenvalue weighted by atomic mass is 19.2. The summed E-state index contributed by atoms with van der Waals surface area (Å²) < 4.78 is 50.4. The van der Waals surface area contributed by atoms with E-state index in [2.05, 4.69) is 10.2 Å². The van der Waals surface area contributed by atoms with Gasteiger partial charge in [-0.05, 0) is 37.8 Å². The number of halogens is 3. The van der Waals surface area contributed by atoms with Gasteiger partial charge >= 0.3 is 0 Å². The highest BCUT2D eigenvalue weighted by Crippen LogP contribution is 2.45. The van der Waals surface area contributed by atoms with Gasteiger partial charge in [0.1, 0.15) is 0 Å². The van der Waals surface area contributed by atoms with Crippen LogP contribution >= 0.6 is 0 Å². The molecule has 2 aromatic heterocycles. The first-order chi connectivity index (χ1) is 15.9. The van der Waals surface area contributed by atoms with Gasteiger partial charge in [-0.3, -0.25) is 9.48 Å². The molecule has 33 heavy (non-hydrogen) atoms. The minimum atomic E-state index is -1.49. The van der Waals surface area contributed by atoms with E-state index in [-0.39, 0.29) is 23.6 Å². The lowest BCUT2D eigenvalue weighted by molar-refractivity contribution is 0.0385. The minimum Gasteiger partial charge on any atom is -0.478 e. The van der Waals surface area contributed by atoms with E-state index in [4.69, 9.17) is 4.74 Å². The van der Waals surface area contributed by atoms with Crippen molar-refractivity contribution in [2.45, 2.75) is 50.7 Å². The topological polar surface area (TPSA) is 65.2 Å². The first-order valence-corrected chi connectivity index (χ1v) is 11.2. The third-order valence-electron chi connectivity index (χ3n) is 6.89. The SMILES string of the molecule is Cn1nc2c(c1-c1cc(F)c(F)c(F)c1)CC1CCCC2N1C(=O)c1cc2n(n1)CCCO2. The van der Waals surface area contributed by atoms with Gasteiger partial charge < -0.3 is 9.64 Å². The molecule has 7 nitrogen and oxygen atoms in total. The normalized spacial score (nSPS) is 21.4. The summed E-state index contributed by atoms with van der Waals surface area (Å²) in [5.41, 5.74) is 2.72. The van der Waals surface area contributed by atoms with E-state index < -0.39 is 17.5 Å². The van der Waals surface area contributed by atoms with Crippen LogP contribution in [0.5, 0.6) is 5.88 Å². The fourth-order valence-electron chi connectivity index (χ4n) is 5.51. The summed E-state index contributed by atoms with van der Waals surface area (Å²) in [5, 5.41) is 9.12. The molecule has 3 aromatic rings. The second-order valence-electron chi connectivity index (χ2n) is 8.90. The number of piperidine rings is 1. The number of carbonyl (C=O) groups excluding carboxylic acids is 1. The summed E-state index contributed by atoms with van der Waals surface area (Å²) in [5.74, 6) is -3.52. The smallest absolute Gasteiger partial charge is 0.275 e. The first kappa shape index (κ1) is 20.3. The van der Waals surface area contributed by atoms with Crippen molar-refractivity contribution in [3.05, 3.63) is 52.6 Å². The van der Waals surface area contributed by atoms with E-state index in [0.717, 1.165) is 49.1 Å². The van der Waals surface area contributed by atoms with Crippen LogP contribution in [-0.4, -0.2) is 43.0 Å². The number of aromatic nitrogens is 4. The number of benzene rings is 1. The van der Waals surface area contributed by atoms with Crippen LogP contribution in [0.2, 0.25) is 0 Å². The zero-order valence-corrected chi connectivity index (χ0v) is 18.0. The summed E-state index contributed by atoms with van der Waals surface area (Å²) in [7, 11) is 1.70. The van der Waals surface area contributed by atoms with Crippen LogP contribution in [0, 0.1) is 17.5 Å². The summed E-state index contributed by atoms with van der Waals surface area (Å²) in [6.07, 6.45) is 3.86. The number of hydrogen-bond acceptors (Lipinski definition) is 4. The van der Waals surface area contributed by atoms with E-state index in [9.17, 15) is 18.0 Å². The lowest BCUT2D eigenvalue weighted by Gasteiger charge is -2.45. The van der Waals surface area contributed by atoms with Gasteiger partial charge in [-0.2, -0.15) is 10.2 Å². The third kappa shape index (κ3) is 3.07. The van der Waals surface area contributed by atoms with Crippen molar-refractivity contribution >= 4 is 5.91 Å². The van der Waals surface area contributed by atoms with Crippen LogP contribution in [0.3, 0.4) is 0 Å². The molecule has 6 rings (SSSR count). The summed E-state index contributed by atoms with van der Waals surface area (Å²) in [6.45, 7) is 1.33. The maximum absolute atomic E-state index is 14.0. The Morgan fingerprint density at radius 1 is 1.09 bits per heavy atom. The quantitative estimate of drug-likeness (QED) is 0.550. The van der Waals surface area contributed by atoms with Crippen molar-refractivity contribution < 1.29 is 22.7 Å². The largest absolute Gasteiger partial charge is 0.478 e. The Hall–Kier alpha value is -3.30. The van der Waals surface area contributed by atoms with E-state index >= 15 is 0 Å². The third-order valence-corrected chi connectivity index (χ3v) is 6.89. The number of ether oxygens (including phenoxy) is 1. The zero-order chi connectivity index (χ0) is 22.9. The van der Waals surface area contributed by atoms with Gasteiger partial charge in [0.25, 0.3) is 5.91 Å². The van der Waals surface area contributed by atoms with Crippen molar-refractivity contribution in [1.82, 2.24) is 24.5 Å². The molecule has 0 aliphatic carbocycles. The standard InChI is InChI=1S/C23H22F3N5O2/c1-29-22(12-8-15(24)20(26)16(25)9-12)14-10-13-4-2-5-18(21(14)28-29)31(13)23(32)17-11-19-30(27-17)6-3-7-33-19/h8-9,11,13,18H,2-7,10H2,1H3. The number of amides is 1. The second kappa shape index (κ2) is 7.36. The van der Waals surface area contributed by atoms with Crippen molar-refractivity contribution in [3.8, 4) is 17.1 Å². The molecule has 5 heterocycles. The molecule has 1 saturated heterocycles. The average Bonchev–Trinajstić information content (AvgIpc) is 3.37. The van der Waals surface area contributed by atoms with Crippen molar-refractivity contribution in [1.29, 1.82) is 0 Å². The summed E-state index contributed by atoms with van der Waals surface area (Å²) >= 11 is 0. The van der Waals surface area contributed by atoms with Crippen molar-refractivity contribution in [2.75, 3.05) is 6.61 Å². The van der Waals surface area contributed by atoms with Gasteiger partial charge in [-0.1, -0.05) is 0 Å². The fraction of sp³-hybridized carbons (Fsp3) is 0.435. The Morgan fingerprint density at radius 3 is 2.64 bits per heavy atom. The summed E-state index contributed by atoms with van der Waals surface area (Å²) in [6, 6.07) is 3.36. The van der Waals surface area contributed by atoms with Crippen molar-refractivity contribution in [3.63, 3.8) is 0 Å². The molecular weight excluding hydrogens is 435 g/mol. The Morgan fingerprint density at radius 2 is 1.88 bits per heavy atom. The van der Waals surface area contributed by atoms with Gasteiger partial charge in [-0.15, -0.1) is 0 Å². The van der Waals surface area contributed by atoms with Gasteiger partial charge in [0.05, 0.1) is 24.0 Å². The van der Waals surface area contributed by atoms with Crippen LogP contribution < -0.4 is 4.74 Å². The Kier molecular flexibility index (Phi) is 4.53. The van der Waals surface area contributed by atoms with Gasteiger partial charge in [0.2, 0.25) is 5.88 Å². The molecule has 1 aromatic carbocycles. The first-order valence-electron chi connectivity index (χ1n) is 11.2. The highest BCUT2D eigenvalue weighted by Gasteiger charge is 2.44. The van der Waals surface area contributed by atoms with Crippen LogP contribution in [-0.2, 0) is 20.0 Å². The zero-order valence-electron chi connectivity index (χ0n) is 18.0. The number of fused-ring (bicyclic) bond motifs is 5. The van der Waals surface area contributed by atoms with E-state index in [1.807, 2.05) is 4.90 Å². The second-order valence-corrected chi connectivity index (χ2v) is 8.90. The predicted molar refractivity (Wildman–Crippen MR) is 111 cm³/mol. The predicted octanol–water partition coefficient (Wildman–Crippen LogP) is 3.78. The molecule has 3 aliphatic rings. The average molecular weight is 457 g/mol.